The van der Waals surface area contributed by atoms with E-state index in [1.807, 2.05) is 0 Å². The van der Waals surface area contributed by atoms with Gasteiger partial charge in [0.2, 0.25) is 5.82 Å². The number of ether oxygens (including phenoxy) is 1. The van der Waals surface area contributed by atoms with Crippen LogP contribution >= 0.6 is 0 Å². The zero-order valence-corrected chi connectivity index (χ0v) is 12.1. The highest BCUT2D eigenvalue weighted by atomic mass is 19.3. The lowest BCUT2D eigenvalue weighted by molar-refractivity contribution is -0.0267. The molecule has 3 heterocycles. The van der Waals surface area contributed by atoms with Crippen LogP contribution in [0.25, 0.3) is 11.4 Å². The van der Waals surface area contributed by atoms with Gasteiger partial charge >= 0.3 is 6.09 Å². The first-order valence-electron chi connectivity index (χ1n) is 6.73. The van der Waals surface area contributed by atoms with Crippen molar-refractivity contribution >= 4 is 11.9 Å². The zero-order valence-electron chi connectivity index (χ0n) is 12.1. The van der Waals surface area contributed by atoms with Crippen molar-refractivity contribution in [3.63, 3.8) is 0 Å². The summed E-state index contributed by atoms with van der Waals surface area (Å²) in [6.07, 6.45) is -0.271. The maximum atomic E-state index is 12.9. The molecule has 0 radical (unpaired) electrons. The molecular weight excluding hydrogens is 312 g/mol. The molecule has 0 aliphatic carbocycles. The Morgan fingerprint density at radius 3 is 2.91 bits per heavy atom. The van der Waals surface area contributed by atoms with Crippen LogP contribution in [0.1, 0.15) is 18.9 Å². The number of nitrogens with zero attached hydrogens (tertiary/aromatic N) is 4. The van der Waals surface area contributed by atoms with E-state index in [2.05, 4.69) is 15.1 Å². The van der Waals surface area contributed by atoms with E-state index in [9.17, 15) is 13.6 Å². The van der Waals surface area contributed by atoms with Crippen LogP contribution in [-0.4, -0.2) is 40.2 Å². The minimum atomic E-state index is -2.68. The molecule has 2 aromatic rings. The van der Waals surface area contributed by atoms with E-state index >= 15 is 0 Å². The lowest BCUT2D eigenvalue weighted by Gasteiger charge is -2.39. The fraction of sp³-hybridized carbons (Fsp3) is 0.385. The van der Waals surface area contributed by atoms with Crippen LogP contribution in [0.3, 0.4) is 0 Å². The first-order valence-corrected chi connectivity index (χ1v) is 6.73. The summed E-state index contributed by atoms with van der Waals surface area (Å²) in [6.45, 7) is 0.789. The monoisotopic (exact) mass is 325 g/mol. The molecule has 0 aromatic carbocycles. The number of alkyl halides is 2. The molecule has 10 heteroatoms. The van der Waals surface area contributed by atoms with Gasteiger partial charge in [-0.05, 0) is 19.1 Å². The zero-order chi connectivity index (χ0) is 16.6. The third-order valence-corrected chi connectivity index (χ3v) is 3.25. The molecule has 2 N–H and O–H groups in total. The molecule has 1 aliphatic heterocycles. The van der Waals surface area contributed by atoms with Gasteiger partial charge in [0.1, 0.15) is 5.82 Å². The van der Waals surface area contributed by atoms with Gasteiger partial charge in [0, 0.05) is 11.8 Å². The number of halogens is 2. The molecule has 1 saturated heterocycles. The minimum Gasteiger partial charge on any atom is -0.437 e. The Morgan fingerprint density at radius 2 is 2.26 bits per heavy atom. The summed E-state index contributed by atoms with van der Waals surface area (Å²) < 4.78 is 35.6. The van der Waals surface area contributed by atoms with Crippen LogP contribution in [-0.2, 0) is 4.74 Å². The Kier molecular flexibility index (Phi) is 3.58. The molecule has 122 valence electrons. The van der Waals surface area contributed by atoms with Crippen LogP contribution < -0.4 is 10.6 Å². The number of aromatic nitrogens is 3. The van der Waals surface area contributed by atoms with Crippen molar-refractivity contribution in [2.24, 2.45) is 5.73 Å². The first kappa shape index (κ1) is 15.1. The summed E-state index contributed by atoms with van der Waals surface area (Å²) in [4.78, 5) is 20.3. The molecule has 1 amide bonds. The summed E-state index contributed by atoms with van der Waals surface area (Å²) in [5, 5.41) is 3.78. The second kappa shape index (κ2) is 5.45. The van der Waals surface area contributed by atoms with Gasteiger partial charge in [-0.15, -0.1) is 0 Å². The van der Waals surface area contributed by atoms with Gasteiger partial charge in [0.15, 0.2) is 6.10 Å². The van der Waals surface area contributed by atoms with Crippen molar-refractivity contribution in [2.75, 3.05) is 18.0 Å². The number of hydrogen-bond acceptors (Lipinski definition) is 7. The van der Waals surface area contributed by atoms with Crippen LogP contribution in [0, 0.1) is 0 Å². The van der Waals surface area contributed by atoms with Crippen molar-refractivity contribution < 1.29 is 22.8 Å². The third-order valence-electron chi connectivity index (χ3n) is 3.25. The van der Waals surface area contributed by atoms with Gasteiger partial charge in [-0.1, -0.05) is 5.16 Å². The van der Waals surface area contributed by atoms with E-state index in [0.29, 0.717) is 11.4 Å². The number of nitrogens with two attached hydrogens (primary N) is 1. The lowest BCUT2D eigenvalue weighted by atomic mass is 10.1. The fourth-order valence-corrected chi connectivity index (χ4v) is 2.15. The first-order chi connectivity index (χ1) is 10.8. The predicted molar refractivity (Wildman–Crippen MR) is 73.8 cm³/mol. The Hall–Kier alpha value is -2.78. The molecule has 3 rings (SSSR count). The van der Waals surface area contributed by atoms with E-state index in [4.69, 9.17) is 15.0 Å². The number of carbonyl (C=O) groups is 1. The smallest absolute Gasteiger partial charge is 0.405 e. The van der Waals surface area contributed by atoms with E-state index in [1.54, 1.807) is 12.1 Å². The molecule has 1 fully saturated rings. The number of hydrogen-bond donors (Lipinski definition) is 1. The number of anilines is 1. The lowest BCUT2D eigenvalue weighted by Crippen LogP contribution is -2.56. The van der Waals surface area contributed by atoms with Gasteiger partial charge in [-0.25, -0.2) is 18.6 Å². The summed E-state index contributed by atoms with van der Waals surface area (Å²) in [7, 11) is 0. The predicted octanol–water partition coefficient (Wildman–Crippen LogP) is 1.74. The van der Waals surface area contributed by atoms with E-state index in [-0.39, 0.29) is 24.8 Å². The molecule has 0 saturated carbocycles. The molecule has 23 heavy (non-hydrogen) atoms. The molecule has 1 atom stereocenters. The fourth-order valence-electron chi connectivity index (χ4n) is 2.15. The van der Waals surface area contributed by atoms with Gasteiger partial charge in [-0.3, -0.25) is 0 Å². The number of rotatable bonds is 4. The van der Waals surface area contributed by atoms with Crippen LogP contribution in [0.4, 0.5) is 19.4 Å². The molecule has 8 nitrogen and oxygen atoms in total. The van der Waals surface area contributed by atoms with Crippen LogP contribution in [0.5, 0.6) is 0 Å². The van der Waals surface area contributed by atoms with E-state index in [0.717, 1.165) is 0 Å². The topological polar surface area (TPSA) is 107 Å². The summed E-state index contributed by atoms with van der Waals surface area (Å²) in [6, 6.07) is 3.21. The number of carbonyl (C=O) groups excluding carboxylic acids is 1. The third kappa shape index (κ3) is 3.20. The van der Waals surface area contributed by atoms with Crippen molar-refractivity contribution in [1.82, 2.24) is 15.1 Å². The average molecular weight is 325 g/mol. The Labute approximate surface area is 129 Å². The largest absolute Gasteiger partial charge is 0.437 e. The quantitative estimate of drug-likeness (QED) is 0.912. The summed E-state index contributed by atoms with van der Waals surface area (Å²) in [5.74, 6) is -1.97. The van der Waals surface area contributed by atoms with Crippen molar-refractivity contribution in [1.29, 1.82) is 0 Å². The molecule has 0 bridgehead atoms. The SMILES string of the molecule is C[C@H](OC(N)=O)c1nc(-c2ccnc(N3CC(F)(F)C3)c2)no1. The summed E-state index contributed by atoms with van der Waals surface area (Å²) >= 11 is 0. The minimum absolute atomic E-state index is 0.0765. The van der Waals surface area contributed by atoms with Crippen LogP contribution in [0.15, 0.2) is 22.9 Å². The Bertz CT molecular complexity index is 728. The maximum Gasteiger partial charge on any atom is 0.405 e. The highest BCUT2D eigenvalue weighted by molar-refractivity contribution is 5.65. The second-order valence-corrected chi connectivity index (χ2v) is 5.15. The summed E-state index contributed by atoms with van der Waals surface area (Å²) in [5.41, 5.74) is 5.47. The molecule has 0 unspecified atom stereocenters. The molecule has 0 spiro atoms. The van der Waals surface area contributed by atoms with E-state index in [1.165, 1.54) is 18.0 Å². The number of pyridine rings is 1. The standard InChI is InChI=1S/C13H13F2N5O3/c1-7(22-12(16)21)11-18-10(19-23-11)8-2-3-17-9(4-8)20-5-13(14,15)6-20/h2-4,7H,5-6H2,1H3,(H2,16,21)/t7-/m0/s1. The Balaban J connectivity index is 1.77. The van der Waals surface area contributed by atoms with Crippen LogP contribution in [0.2, 0.25) is 0 Å². The second-order valence-electron chi connectivity index (χ2n) is 5.15. The average Bonchev–Trinajstić information content (AvgIpc) is 2.94. The van der Waals surface area contributed by atoms with Crippen molar-refractivity contribution in [3.8, 4) is 11.4 Å². The van der Waals surface area contributed by atoms with Gasteiger partial charge < -0.3 is 19.9 Å². The van der Waals surface area contributed by atoms with Crippen molar-refractivity contribution in [2.45, 2.75) is 19.0 Å². The van der Waals surface area contributed by atoms with Gasteiger partial charge in [0.05, 0.1) is 13.1 Å². The van der Waals surface area contributed by atoms with Gasteiger partial charge in [0.25, 0.3) is 11.8 Å². The van der Waals surface area contributed by atoms with E-state index < -0.39 is 18.1 Å². The maximum absolute atomic E-state index is 12.9. The highest BCUT2D eigenvalue weighted by Gasteiger charge is 2.44. The number of primary amides is 1. The normalized spacial score (nSPS) is 17.4. The molecule has 1 aliphatic rings. The molecule has 2 aromatic heterocycles. The Morgan fingerprint density at radius 1 is 1.52 bits per heavy atom. The van der Waals surface area contributed by atoms with Gasteiger partial charge in [-0.2, -0.15) is 4.98 Å². The highest BCUT2D eigenvalue weighted by Crippen LogP contribution is 2.32. The number of amides is 1. The molecular formula is C13H13F2N5O3. The van der Waals surface area contributed by atoms with Crippen molar-refractivity contribution in [3.05, 3.63) is 24.2 Å².